The lowest BCUT2D eigenvalue weighted by Crippen LogP contribution is -2.15. The monoisotopic (exact) mass is 305 g/mol. The molecule has 2 N–H and O–H groups in total. The molecule has 0 fully saturated rings. The molecule has 1 unspecified atom stereocenters. The molecule has 0 aromatic heterocycles. The molecule has 110 valence electrons. The quantitative estimate of drug-likeness (QED) is 0.931. The van der Waals surface area contributed by atoms with Crippen LogP contribution >= 0.6 is 11.6 Å². The number of hydrogen-bond acceptors (Lipinski definition) is 2. The molecule has 1 aliphatic rings. The van der Waals surface area contributed by atoms with Crippen LogP contribution < -0.4 is 10.5 Å². The Bertz CT molecular complexity index is 687. The van der Waals surface area contributed by atoms with Gasteiger partial charge in [-0.15, -0.1) is 0 Å². The Morgan fingerprint density at radius 1 is 1.33 bits per heavy atom. The summed E-state index contributed by atoms with van der Waals surface area (Å²) in [4.78, 5) is 0. The molecule has 1 atom stereocenters. The van der Waals surface area contributed by atoms with Gasteiger partial charge in [0.15, 0.2) is 0 Å². The second-order valence-electron chi connectivity index (χ2n) is 5.49. The molecule has 0 aliphatic carbocycles. The number of hydrogen-bond donors (Lipinski definition) is 1. The number of halogens is 2. The molecule has 2 nitrogen and oxygen atoms in total. The van der Waals surface area contributed by atoms with Crippen LogP contribution in [0.1, 0.15) is 28.3 Å². The van der Waals surface area contributed by atoms with Gasteiger partial charge in [-0.25, -0.2) is 4.39 Å². The Kier molecular flexibility index (Phi) is 3.87. The molecule has 0 spiro atoms. The number of aryl methyl sites for hydroxylation is 1. The van der Waals surface area contributed by atoms with Crippen molar-refractivity contribution < 1.29 is 9.13 Å². The minimum atomic E-state index is -0.420. The van der Waals surface area contributed by atoms with E-state index < -0.39 is 6.04 Å². The molecule has 0 saturated heterocycles. The first-order valence-corrected chi connectivity index (χ1v) is 7.38. The second-order valence-corrected chi connectivity index (χ2v) is 5.92. The van der Waals surface area contributed by atoms with Crippen molar-refractivity contribution in [3.63, 3.8) is 0 Å². The van der Waals surface area contributed by atoms with Gasteiger partial charge in [0.1, 0.15) is 11.6 Å². The van der Waals surface area contributed by atoms with E-state index in [1.165, 1.54) is 6.07 Å². The predicted octanol–water partition coefficient (Wildman–Crippen LogP) is 3.96. The standard InChI is InChI=1S/C17H17ClFNO/c1-10-2-3-15(19)14(6-10)16(20)9-12-8-13(18)7-11-4-5-21-17(11)12/h2-3,6-8,16H,4-5,9,20H2,1H3. The molecule has 0 bridgehead atoms. The van der Waals surface area contributed by atoms with Crippen LogP contribution in [0.15, 0.2) is 30.3 Å². The van der Waals surface area contributed by atoms with Gasteiger partial charge in [-0.05, 0) is 42.7 Å². The van der Waals surface area contributed by atoms with Crippen LogP contribution in [0.25, 0.3) is 0 Å². The molecule has 4 heteroatoms. The van der Waals surface area contributed by atoms with Crippen LogP contribution in [0.4, 0.5) is 4.39 Å². The van der Waals surface area contributed by atoms with Gasteiger partial charge in [-0.1, -0.05) is 29.3 Å². The van der Waals surface area contributed by atoms with Crippen molar-refractivity contribution >= 4 is 11.6 Å². The van der Waals surface area contributed by atoms with Crippen LogP contribution in [0, 0.1) is 12.7 Å². The summed E-state index contributed by atoms with van der Waals surface area (Å²) >= 11 is 6.14. The van der Waals surface area contributed by atoms with Gasteiger partial charge in [0.05, 0.1) is 6.61 Å². The summed E-state index contributed by atoms with van der Waals surface area (Å²) in [5.41, 5.74) is 9.78. The Balaban J connectivity index is 1.92. The van der Waals surface area contributed by atoms with E-state index in [2.05, 4.69) is 0 Å². The Morgan fingerprint density at radius 3 is 2.95 bits per heavy atom. The summed E-state index contributed by atoms with van der Waals surface area (Å²) in [7, 11) is 0. The lowest BCUT2D eigenvalue weighted by molar-refractivity contribution is 0.352. The van der Waals surface area contributed by atoms with E-state index >= 15 is 0 Å². The molecular weight excluding hydrogens is 289 g/mol. The zero-order valence-corrected chi connectivity index (χ0v) is 12.6. The van der Waals surface area contributed by atoms with Crippen molar-refractivity contribution in [2.45, 2.75) is 25.8 Å². The lowest BCUT2D eigenvalue weighted by Gasteiger charge is -2.16. The molecule has 0 amide bonds. The molecular formula is C17H17ClFNO. The van der Waals surface area contributed by atoms with E-state index in [1.807, 2.05) is 19.1 Å². The highest BCUT2D eigenvalue weighted by atomic mass is 35.5. The number of benzene rings is 2. The van der Waals surface area contributed by atoms with Gasteiger partial charge in [0.25, 0.3) is 0 Å². The van der Waals surface area contributed by atoms with Crippen molar-refractivity contribution in [2.24, 2.45) is 5.73 Å². The van der Waals surface area contributed by atoms with Crippen LogP contribution in [0.2, 0.25) is 5.02 Å². The van der Waals surface area contributed by atoms with Crippen molar-refractivity contribution in [3.05, 3.63) is 63.4 Å². The average molecular weight is 306 g/mol. The Labute approximate surface area is 128 Å². The van der Waals surface area contributed by atoms with Gasteiger partial charge >= 0.3 is 0 Å². The summed E-state index contributed by atoms with van der Waals surface area (Å²) in [6.45, 7) is 2.59. The minimum absolute atomic E-state index is 0.271. The largest absolute Gasteiger partial charge is 0.493 e. The number of nitrogens with two attached hydrogens (primary N) is 1. The molecule has 2 aromatic rings. The smallest absolute Gasteiger partial charge is 0.128 e. The summed E-state index contributed by atoms with van der Waals surface area (Å²) < 4.78 is 19.6. The maximum atomic E-state index is 13.9. The maximum absolute atomic E-state index is 13.9. The SMILES string of the molecule is Cc1ccc(F)c(C(N)Cc2cc(Cl)cc3c2OCC3)c1. The van der Waals surface area contributed by atoms with Crippen molar-refractivity contribution in [1.29, 1.82) is 0 Å². The third-order valence-electron chi connectivity index (χ3n) is 3.82. The van der Waals surface area contributed by atoms with E-state index in [0.29, 0.717) is 23.6 Å². The maximum Gasteiger partial charge on any atom is 0.128 e. The van der Waals surface area contributed by atoms with Crippen LogP contribution in [-0.4, -0.2) is 6.61 Å². The fourth-order valence-electron chi connectivity index (χ4n) is 2.79. The van der Waals surface area contributed by atoms with E-state index in [-0.39, 0.29) is 5.82 Å². The van der Waals surface area contributed by atoms with Crippen molar-refractivity contribution in [1.82, 2.24) is 0 Å². The summed E-state index contributed by atoms with van der Waals surface area (Å²) in [5.74, 6) is 0.593. The predicted molar refractivity (Wildman–Crippen MR) is 82.4 cm³/mol. The number of fused-ring (bicyclic) bond motifs is 1. The van der Waals surface area contributed by atoms with Crippen molar-refractivity contribution in [2.75, 3.05) is 6.61 Å². The van der Waals surface area contributed by atoms with Gasteiger partial charge < -0.3 is 10.5 Å². The molecule has 1 heterocycles. The molecule has 2 aromatic carbocycles. The minimum Gasteiger partial charge on any atom is -0.493 e. The highest BCUT2D eigenvalue weighted by molar-refractivity contribution is 6.30. The van der Waals surface area contributed by atoms with E-state index in [1.54, 1.807) is 12.1 Å². The Morgan fingerprint density at radius 2 is 2.14 bits per heavy atom. The zero-order chi connectivity index (χ0) is 15.0. The van der Waals surface area contributed by atoms with E-state index in [9.17, 15) is 4.39 Å². The fraction of sp³-hybridized carbons (Fsp3) is 0.294. The zero-order valence-electron chi connectivity index (χ0n) is 11.8. The summed E-state index contributed by atoms with van der Waals surface area (Å²) in [6, 6.07) is 8.36. The lowest BCUT2D eigenvalue weighted by atomic mass is 9.96. The topological polar surface area (TPSA) is 35.2 Å². The summed E-state index contributed by atoms with van der Waals surface area (Å²) in [6.07, 6.45) is 1.36. The van der Waals surface area contributed by atoms with Gasteiger partial charge in [-0.2, -0.15) is 0 Å². The van der Waals surface area contributed by atoms with Gasteiger partial charge in [0, 0.05) is 23.0 Å². The van der Waals surface area contributed by atoms with E-state index in [4.69, 9.17) is 22.1 Å². The van der Waals surface area contributed by atoms with Gasteiger partial charge in [-0.3, -0.25) is 0 Å². The third-order valence-corrected chi connectivity index (χ3v) is 4.03. The normalized spacial score (nSPS) is 14.7. The molecule has 3 rings (SSSR count). The van der Waals surface area contributed by atoms with Gasteiger partial charge in [0.2, 0.25) is 0 Å². The average Bonchev–Trinajstić information content (AvgIpc) is 2.89. The summed E-state index contributed by atoms with van der Waals surface area (Å²) in [5, 5.41) is 0.672. The van der Waals surface area contributed by atoms with Crippen LogP contribution in [-0.2, 0) is 12.8 Å². The van der Waals surface area contributed by atoms with Crippen LogP contribution in [0.5, 0.6) is 5.75 Å². The molecule has 0 saturated carbocycles. The second kappa shape index (κ2) is 5.66. The van der Waals surface area contributed by atoms with E-state index in [0.717, 1.165) is 28.9 Å². The molecule has 1 aliphatic heterocycles. The first-order chi connectivity index (χ1) is 10.0. The molecule has 21 heavy (non-hydrogen) atoms. The van der Waals surface area contributed by atoms with Crippen molar-refractivity contribution in [3.8, 4) is 5.75 Å². The van der Waals surface area contributed by atoms with Crippen LogP contribution in [0.3, 0.4) is 0 Å². The third kappa shape index (κ3) is 2.89. The Hall–Kier alpha value is -1.58. The highest BCUT2D eigenvalue weighted by Crippen LogP contribution is 2.35. The first-order valence-electron chi connectivity index (χ1n) is 7.00. The number of ether oxygens (including phenoxy) is 1. The number of rotatable bonds is 3. The fourth-order valence-corrected chi connectivity index (χ4v) is 3.06. The molecule has 0 radical (unpaired) electrons. The first kappa shape index (κ1) is 14.4. The highest BCUT2D eigenvalue weighted by Gasteiger charge is 2.20.